The van der Waals surface area contributed by atoms with E-state index in [1.807, 2.05) is 74.5 Å². The van der Waals surface area contributed by atoms with Gasteiger partial charge in [0.25, 0.3) is 0 Å². The molecular formula is C28H38N4O3S. The predicted octanol–water partition coefficient (Wildman–Crippen LogP) is 6.48. The first-order valence-corrected chi connectivity index (χ1v) is 13.7. The predicted molar refractivity (Wildman–Crippen MR) is 150 cm³/mol. The molecule has 7 nitrogen and oxygen atoms in total. The third-order valence-electron chi connectivity index (χ3n) is 5.20. The van der Waals surface area contributed by atoms with E-state index < -0.39 is 10.0 Å². The lowest BCUT2D eigenvalue weighted by Crippen LogP contribution is -2.16. The van der Waals surface area contributed by atoms with Crippen LogP contribution in [-0.2, 0) is 16.4 Å². The van der Waals surface area contributed by atoms with Crippen LogP contribution in [0.4, 0.5) is 5.69 Å². The average Bonchev–Trinajstić information content (AvgIpc) is 3.26. The van der Waals surface area contributed by atoms with E-state index in [4.69, 9.17) is 10.5 Å². The second-order valence-corrected chi connectivity index (χ2v) is 9.76. The summed E-state index contributed by atoms with van der Waals surface area (Å²) in [7, 11) is -3.39. The number of nitrogens with one attached hydrogen (secondary N) is 2. The van der Waals surface area contributed by atoms with Crippen molar-refractivity contribution >= 4 is 26.7 Å². The molecule has 0 aliphatic carbocycles. The van der Waals surface area contributed by atoms with Crippen molar-refractivity contribution in [3.05, 3.63) is 84.2 Å². The number of fused-ring (bicyclic) bond motifs is 1. The van der Waals surface area contributed by atoms with E-state index >= 15 is 0 Å². The topological polar surface area (TPSA) is 110 Å². The summed E-state index contributed by atoms with van der Waals surface area (Å²) in [6.07, 6.45) is 2.86. The number of rotatable bonds is 11. The number of aromatic amines is 1. The number of benzene rings is 3. The lowest BCUT2D eigenvalue weighted by atomic mass is 10.1. The standard InChI is InChI=1S/C25H28N4O3S.C2H6.CH4/c26-15-5-2-6-16-33(30,31)29-20-11-14-23-24(18-20)28-25(27-23)17-19-9-12-22(13-10-19)32-21-7-3-1-4-8-21;1-2;/h1,3-4,7-14,18,29H,2,5-6,15-17,26H2,(H,27,28);1-2H3;1H4. The highest BCUT2D eigenvalue weighted by Gasteiger charge is 2.12. The van der Waals surface area contributed by atoms with Crippen molar-refractivity contribution in [2.45, 2.75) is 47.0 Å². The molecule has 0 fully saturated rings. The quantitative estimate of drug-likeness (QED) is 0.200. The Morgan fingerprint density at radius 1 is 0.917 bits per heavy atom. The molecule has 0 aliphatic heterocycles. The number of nitrogens with zero attached hydrogens (tertiary/aromatic N) is 1. The summed E-state index contributed by atoms with van der Waals surface area (Å²) in [5, 5.41) is 0. The van der Waals surface area contributed by atoms with Gasteiger partial charge in [-0.3, -0.25) is 4.72 Å². The van der Waals surface area contributed by atoms with E-state index in [9.17, 15) is 8.42 Å². The molecule has 4 N–H and O–H groups in total. The third kappa shape index (κ3) is 8.70. The van der Waals surface area contributed by atoms with Gasteiger partial charge in [0.15, 0.2) is 0 Å². The number of H-pyrrole nitrogens is 1. The van der Waals surface area contributed by atoms with Crippen LogP contribution in [0.15, 0.2) is 72.8 Å². The first-order chi connectivity index (χ1) is 17.0. The van der Waals surface area contributed by atoms with Crippen LogP contribution in [0.25, 0.3) is 11.0 Å². The Bertz CT molecular complexity index is 1290. The van der Waals surface area contributed by atoms with Crippen LogP contribution in [0.2, 0.25) is 0 Å². The minimum absolute atomic E-state index is 0. The van der Waals surface area contributed by atoms with Crippen molar-refractivity contribution in [3.8, 4) is 11.5 Å². The molecular weight excluding hydrogens is 472 g/mol. The van der Waals surface area contributed by atoms with Crippen LogP contribution in [-0.4, -0.2) is 30.7 Å². The first-order valence-electron chi connectivity index (χ1n) is 12.0. The highest BCUT2D eigenvalue weighted by atomic mass is 32.2. The fourth-order valence-corrected chi connectivity index (χ4v) is 4.72. The Labute approximate surface area is 215 Å². The van der Waals surface area contributed by atoms with E-state index in [2.05, 4.69) is 14.7 Å². The number of aromatic nitrogens is 2. The monoisotopic (exact) mass is 510 g/mol. The Morgan fingerprint density at radius 2 is 1.61 bits per heavy atom. The highest BCUT2D eigenvalue weighted by molar-refractivity contribution is 7.92. The molecule has 0 aliphatic rings. The molecule has 0 atom stereocenters. The van der Waals surface area contributed by atoms with Crippen molar-refractivity contribution in [2.24, 2.45) is 5.73 Å². The molecule has 0 radical (unpaired) electrons. The molecule has 194 valence electrons. The van der Waals surface area contributed by atoms with Crippen molar-refractivity contribution in [1.29, 1.82) is 0 Å². The van der Waals surface area contributed by atoms with Crippen LogP contribution < -0.4 is 15.2 Å². The molecule has 3 aromatic carbocycles. The second kappa shape index (κ2) is 14.3. The molecule has 0 saturated carbocycles. The van der Waals surface area contributed by atoms with Crippen LogP contribution in [0.5, 0.6) is 11.5 Å². The summed E-state index contributed by atoms with van der Waals surface area (Å²) >= 11 is 0. The van der Waals surface area contributed by atoms with Gasteiger partial charge in [0.05, 0.1) is 22.5 Å². The maximum atomic E-state index is 12.3. The SMILES string of the molecule is C.CC.NCCCCCS(=O)(=O)Nc1ccc2nc(Cc3ccc(Oc4ccccc4)cc3)[nH]c2c1. The zero-order valence-corrected chi connectivity index (χ0v) is 21.1. The number of sulfonamides is 1. The van der Waals surface area contributed by atoms with Gasteiger partial charge in [-0.05, 0) is 67.4 Å². The third-order valence-corrected chi connectivity index (χ3v) is 6.57. The lowest BCUT2D eigenvalue weighted by Gasteiger charge is -2.07. The Kier molecular flexibility index (Phi) is 11.4. The fraction of sp³-hybridized carbons (Fsp3) is 0.321. The number of para-hydroxylation sites is 1. The number of imidazole rings is 1. The van der Waals surface area contributed by atoms with Crippen molar-refractivity contribution in [2.75, 3.05) is 17.0 Å². The number of hydrogen-bond donors (Lipinski definition) is 3. The molecule has 0 unspecified atom stereocenters. The summed E-state index contributed by atoms with van der Waals surface area (Å²) in [6.45, 7) is 4.58. The summed E-state index contributed by atoms with van der Waals surface area (Å²) in [5.41, 5.74) is 8.66. The Hall–Kier alpha value is -3.36. The van der Waals surface area contributed by atoms with Gasteiger partial charge >= 0.3 is 0 Å². The van der Waals surface area contributed by atoms with Gasteiger partial charge in [0.1, 0.15) is 17.3 Å². The first kappa shape index (κ1) is 28.9. The van der Waals surface area contributed by atoms with Crippen LogP contribution >= 0.6 is 0 Å². The molecule has 8 heteroatoms. The van der Waals surface area contributed by atoms with E-state index in [-0.39, 0.29) is 13.2 Å². The van der Waals surface area contributed by atoms with Crippen LogP contribution in [0.1, 0.15) is 51.9 Å². The van der Waals surface area contributed by atoms with Gasteiger partial charge in [-0.25, -0.2) is 13.4 Å². The molecule has 4 rings (SSSR count). The molecule has 0 amide bonds. The van der Waals surface area contributed by atoms with Crippen LogP contribution in [0, 0.1) is 0 Å². The number of unbranched alkanes of at least 4 members (excludes halogenated alkanes) is 2. The van der Waals surface area contributed by atoms with Gasteiger partial charge in [-0.1, -0.05) is 58.0 Å². The van der Waals surface area contributed by atoms with Crippen molar-refractivity contribution in [3.63, 3.8) is 0 Å². The van der Waals surface area contributed by atoms with Gasteiger partial charge in [-0.15, -0.1) is 0 Å². The smallest absolute Gasteiger partial charge is 0.232 e. The zero-order valence-electron chi connectivity index (χ0n) is 20.3. The number of anilines is 1. The molecule has 0 saturated heterocycles. The molecule has 0 bridgehead atoms. The van der Waals surface area contributed by atoms with Gasteiger partial charge in [0.2, 0.25) is 10.0 Å². The minimum atomic E-state index is -3.39. The maximum Gasteiger partial charge on any atom is 0.232 e. The molecule has 4 aromatic rings. The lowest BCUT2D eigenvalue weighted by molar-refractivity contribution is 0.482. The number of hydrogen-bond acceptors (Lipinski definition) is 5. The van der Waals surface area contributed by atoms with Gasteiger partial charge < -0.3 is 15.5 Å². The van der Waals surface area contributed by atoms with E-state index in [1.165, 1.54) is 0 Å². The average molecular weight is 511 g/mol. The van der Waals surface area contributed by atoms with Crippen molar-refractivity contribution < 1.29 is 13.2 Å². The van der Waals surface area contributed by atoms with E-state index in [0.29, 0.717) is 25.1 Å². The summed E-state index contributed by atoms with van der Waals surface area (Å²) in [6, 6.07) is 22.9. The fourth-order valence-electron chi connectivity index (χ4n) is 3.55. The second-order valence-electron chi connectivity index (χ2n) is 7.92. The van der Waals surface area contributed by atoms with Crippen molar-refractivity contribution in [1.82, 2.24) is 9.97 Å². The number of ether oxygens (including phenoxy) is 1. The van der Waals surface area contributed by atoms with E-state index in [0.717, 1.165) is 46.8 Å². The zero-order chi connectivity index (χ0) is 25.1. The molecule has 1 aromatic heterocycles. The van der Waals surface area contributed by atoms with E-state index in [1.54, 1.807) is 12.1 Å². The number of nitrogens with two attached hydrogens (primary N) is 1. The molecule has 1 heterocycles. The normalized spacial score (nSPS) is 10.8. The highest BCUT2D eigenvalue weighted by Crippen LogP contribution is 2.23. The Morgan fingerprint density at radius 3 is 2.31 bits per heavy atom. The largest absolute Gasteiger partial charge is 0.457 e. The summed E-state index contributed by atoms with van der Waals surface area (Å²) < 4.78 is 33.1. The van der Waals surface area contributed by atoms with Gasteiger partial charge in [-0.2, -0.15) is 0 Å². The summed E-state index contributed by atoms with van der Waals surface area (Å²) in [4.78, 5) is 7.92. The maximum absolute atomic E-state index is 12.3. The minimum Gasteiger partial charge on any atom is -0.457 e. The van der Waals surface area contributed by atoms with Gasteiger partial charge in [0, 0.05) is 6.42 Å². The molecule has 36 heavy (non-hydrogen) atoms. The van der Waals surface area contributed by atoms with Crippen LogP contribution in [0.3, 0.4) is 0 Å². The summed E-state index contributed by atoms with van der Waals surface area (Å²) in [5.74, 6) is 2.46. The Balaban J connectivity index is 0.00000148. The molecule has 0 spiro atoms.